The molecule has 0 aliphatic heterocycles. The lowest BCUT2D eigenvalue weighted by Gasteiger charge is -2.12. The molecule has 1 rings (SSSR count). The molecular weight excluding hydrogens is 122 g/mol. The summed E-state index contributed by atoms with van der Waals surface area (Å²) in [5.41, 5.74) is 1.36. The van der Waals surface area contributed by atoms with Crippen molar-refractivity contribution in [1.29, 1.82) is 0 Å². The molecule has 1 heteroatoms. The van der Waals surface area contributed by atoms with Gasteiger partial charge in [0.15, 0.2) is 0 Å². The average molecular weight is 137 g/mol. The number of rotatable bonds is 1. The third-order valence-corrected chi connectivity index (χ3v) is 2.00. The minimum absolute atomic E-state index is 0.694. The fourth-order valence-electron chi connectivity index (χ4n) is 1.26. The van der Waals surface area contributed by atoms with Crippen molar-refractivity contribution in [2.45, 2.75) is 19.8 Å². The maximum atomic E-state index is 3.20. The highest BCUT2D eigenvalue weighted by molar-refractivity contribution is 5.15. The molecule has 0 heterocycles. The highest BCUT2D eigenvalue weighted by atomic mass is 14.8. The number of hydrogen-bond donors (Lipinski definition) is 1. The molecule has 0 aromatic carbocycles. The van der Waals surface area contributed by atoms with Crippen LogP contribution in [0.3, 0.4) is 0 Å². The maximum absolute atomic E-state index is 3.20. The van der Waals surface area contributed by atoms with Crippen molar-refractivity contribution in [3.05, 3.63) is 23.9 Å². The van der Waals surface area contributed by atoms with Crippen LogP contribution in [0.1, 0.15) is 19.8 Å². The Morgan fingerprint density at radius 3 is 3.10 bits per heavy atom. The number of hydrogen-bond acceptors (Lipinski definition) is 1. The molecule has 0 fully saturated rings. The fraction of sp³-hybridized carbons (Fsp3) is 0.556. The smallest absolute Gasteiger partial charge is 0.0133 e. The lowest BCUT2D eigenvalue weighted by Crippen LogP contribution is -2.12. The van der Waals surface area contributed by atoms with Gasteiger partial charge in [0.05, 0.1) is 0 Å². The average Bonchev–Trinajstić information content (AvgIpc) is 2.13. The fourth-order valence-corrected chi connectivity index (χ4v) is 1.26. The van der Waals surface area contributed by atoms with Crippen molar-refractivity contribution < 1.29 is 0 Å². The van der Waals surface area contributed by atoms with Crippen LogP contribution >= 0.6 is 0 Å². The lowest BCUT2D eigenvalue weighted by molar-refractivity contribution is 0.591. The molecule has 0 radical (unpaired) electrons. The van der Waals surface area contributed by atoms with E-state index >= 15 is 0 Å². The van der Waals surface area contributed by atoms with Gasteiger partial charge in [-0.3, -0.25) is 0 Å². The molecular formula is C9H15N. The van der Waals surface area contributed by atoms with Gasteiger partial charge in [0.1, 0.15) is 0 Å². The first-order valence-corrected chi connectivity index (χ1v) is 3.89. The van der Waals surface area contributed by atoms with Gasteiger partial charge >= 0.3 is 0 Å². The molecule has 10 heavy (non-hydrogen) atoms. The Morgan fingerprint density at radius 2 is 2.40 bits per heavy atom. The van der Waals surface area contributed by atoms with Crippen LogP contribution < -0.4 is 5.32 Å². The summed E-state index contributed by atoms with van der Waals surface area (Å²) in [5.74, 6) is 0.694. The van der Waals surface area contributed by atoms with Crippen molar-refractivity contribution in [3.63, 3.8) is 0 Å². The first-order valence-electron chi connectivity index (χ1n) is 3.89. The quantitative estimate of drug-likeness (QED) is 0.583. The second-order valence-corrected chi connectivity index (χ2v) is 2.78. The van der Waals surface area contributed by atoms with Gasteiger partial charge in [-0.2, -0.15) is 0 Å². The predicted molar refractivity (Wildman–Crippen MR) is 44.7 cm³/mol. The normalized spacial score (nSPS) is 25.4. The van der Waals surface area contributed by atoms with Gasteiger partial charge in [0, 0.05) is 12.7 Å². The minimum atomic E-state index is 0.694. The summed E-state index contributed by atoms with van der Waals surface area (Å²) in [6, 6.07) is 0. The van der Waals surface area contributed by atoms with E-state index in [2.05, 4.69) is 30.5 Å². The zero-order chi connectivity index (χ0) is 7.40. The molecule has 1 atom stereocenters. The highest BCUT2D eigenvalue weighted by Gasteiger charge is 2.06. The Labute approximate surface area is 62.8 Å². The molecule has 1 unspecified atom stereocenters. The molecule has 0 spiro atoms. The van der Waals surface area contributed by atoms with Crippen LogP contribution in [-0.2, 0) is 0 Å². The molecule has 1 N–H and O–H groups in total. The second kappa shape index (κ2) is 3.45. The first kappa shape index (κ1) is 7.39. The van der Waals surface area contributed by atoms with E-state index in [1.54, 1.807) is 0 Å². The van der Waals surface area contributed by atoms with Crippen molar-refractivity contribution in [2.24, 2.45) is 5.92 Å². The van der Waals surface area contributed by atoms with Gasteiger partial charge in [0.25, 0.3) is 0 Å². The third kappa shape index (κ3) is 1.63. The van der Waals surface area contributed by atoms with Crippen molar-refractivity contribution in [2.75, 3.05) is 7.05 Å². The summed E-state index contributed by atoms with van der Waals surface area (Å²) in [5, 5.41) is 3.20. The molecule has 1 nitrogen and oxygen atoms in total. The number of nitrogens with one attached hydrogen (secondary N) is 1. The monoisotopic (exact) mass is 137 g/mol. The Morgan fingerprint density at radius 1 is 1.60 bits per heavy atom. The Hall–Kier alpha value is -0.720. The SMILES string of the molecule is CNC1=CC=CCCC1C. The van der Waals surface area contributed by atoms with Crippen LogP contribution in [0.4, 0.5) is 0 Å². The molecule has 0 saturated heterocycles. The van der Waals surface area contributed by atoms with E-state index in [-0.39, 0.29) is 0 Å². The van der Waals surface area contributed by atoms with Gasteiger partial charge < -0.3 is 5.32 Å². The molecule has 0 aromatic rings. The Balaban J connectivity index is 2.63. The van der Waals surface area contributed by atoms with Gasteiger partial charge in [-0.15, -0.1) is 0 Å². The maximum Gasteiger partial charge on any atom is 0.0133 e. The topological polar surface area (TPSA) is 12.0 Å². The van der Waals surface area contributed by atoms with Crippen LogP contribution in [0.15, 0.2) is 23.9 Å². The molecule has 0 amide bonds. The van der Waals surface area contributed by atoms with E-state index in [0.29, 0.717) is 5.92 Å². The molecule has 56 valence electrons. The van der Waals surface area contributed by atoms with Crippen LogP contribution in [0.2, 0.25) is 0 Å². The first-order chi connectivity index (χ1) is 4.84. The predicted octanol–water partition coefficient (Wildman–Crippen LogP) is 2.08. The van der Waals surface area contributed by atoms with Crippen molar-refractivity contribution >= 4 is 0 Å². The molecule has 0 saturated carbocycles. The van der Waals surface area contributed by atoms with Crippen LogP contribution in [0.5, 0.6) is 0 Å². The van der Waals surface area contributed by atoms with E-state index in [9.17, 15) is 0 Å². The largest absolute Gasteiger partial charge is 0.391 e. The highest BCUT2D eigenvalue weighted by Crippen LogP contribution is 2.16. The molecule has 1 aliphatic rings. The van der Waals surface area contributed by atoms with Gasteiger partial charge in [-0.05, 0) is 24.8 Å². The summed E-state index contributed by atoms with van der Waals surface area (Å²) in [4.78, 5) is 0. The van der Waals surface area contributed by atoms with E-state index in [0.717, 1.165) is 0 Å². The summed E-state index contributed by atoms with van der Waals surface area (Å²) >= 11 is 0. The van der Waals surface area contributed by atoms with E-state index < -0.39 is 0 Å². The Bertz CT molecular complexity index is 156. The summed E-state index contributed by atoms with van der Waals surface area (Å²) in [6.45, 7) is 2.26. The molecule has 0 aromatic heterocycles. The van der Waals surface area contributed by atoms with E-state index in [1.807, 2.05) is 7.05 Å². The second-order valence-electron chi connectivity index (χ2n) is 2.78. The summed E-state index contributed by atoms with van der Waals surface area (Å²) in [7, 11) is 1.99. The molecule has 0 bridgehead atoms. The lowest BCUT2D eigenvalue weighted by atomic mass is 10.0. The minimum Gasteiger partial charge on any atom is -0.391 e. The van der Waals surface area contributed by atoms with E-state index in [4.69, 9.17) is 0 Å². The summed E-state index contributed by atoms with van der Waals surface area (Å²) < 4.78 is 0. The zero-order valence-electron chi connectivity index (χ0n) is 6.72. The molecule has 1 aliphatic carbocycles. The summed E-state index contributed by atoms with van der Waals surface area (Å²) in [6.07, 6.45) is 9.00. The standard InChI is InChI=1S/C9H15N/c1-8-6-4-3-5-7-9(8)10-2/h3,5,7-8,10H,4,6H2,1-2H3. The van der Waals surface area contributed by atoms with Crippen molar-refractivity contribution in [1.82, 2.24) is 5.32 Å². The number of allylic oxidation sites excluding steroid dienone is 4. The Kier molecular flexibility index (Phi) is 2.55. The van der Waals surface area contributed by atoms with E-state index in [1.165, 1.54) is 18.5 Å². The van der Waals surface area contributed by atoms with Crippen molar-refractivity contribution in [3.8, 4) is 0 Å². The zero-order valence-corrected chi connectivity index (χ0v) is 6.72. The van der Waals surface area contributed by atoms with Crippen LogP contribution in [0.25, 0.3) is 0 Å². The van der Waals surface area contributed by atoms with Gasteiger partial charge in [-0.25, -0.2) is 0 Å². The van der Waals surface area contributed by atoms with Crippen LogP contribution in [0, 0.1) is 5.92 Å². The van der Waals surface area contributed by atoms with Crippen LogP contribution in [-0.4, -0.2) is 7.05 Å². The van der Waals surface area contributed by atoms with Gasteiger partial charge in [-0.1, -0.05) is 19.1 Å². The van der Waals surface area contributed by atoms with Gasteiger partial charge in [0.2, 0.25) is 0 Å². The third-order valence-electron chi connectivity index (χ3n) is 2.00.